The van der Waals surface area contributed by atoms with Gasteiger partial charge < -0.3 is 70.2 Å². The molecule has 0 spiro atoms. The number of carbonyl (C=O) groups excluding carboxylic acids is 3. The number of benzene rings is 3. The summed E-state index contributed by atoms with van der Waals surface area (Å²) >= 11 is 0. The minimum absolute atomic E-state index is 0. The SMILES string of the molecule is CCCCCCCCCCCCCCCCOP(=O)([O-])OCCCCOC(=O)/C=C/c1ccc(OC)cc1.CCCCCCCCCCCCCCCCOP(=O)([O-])OCCCCOC(=O)/C=C/c1ccc(OC)cc1.CCCCCCCCCCCCCCCCOP(=O)([O-])OCCCCOC(=O)/C=C\c1ccc(OC)cc1.[Al+3]. The molecule has 0 fully saturated rings. The first kappa shape index (κ1) is 111. The second kappa shape index (κ2) is 79.3. The fourth-order valence-corrected chi connectivity index (χ4v) is 14.3. The normalized spacial score (nSPS) is 12.9. The average molecular weight is 1690 g/mol. The molecule has 0 radical (unpaired) electrons. The maximum atomic E-state index is 11.8. The Hall–Kier alpha value is -4.45. The molecule has 0 saturated heterocycles. The summed E-state index contributed by atoms with van der Waals surface area (Å²) in [6, 6.07) is 21.9. The molecular weight excluding hydrogens is 1540 g/mol. The summed E-state index contributed by atoms with van der Waals surface area (Å²) in [7, 11) is -8.04. The first-order valence-electron chi connectivity index (χ1n) is 43.7. The zero-order chi connectivity index (χ0) is 83.2. The molecule has 654 valence electrons. The van der Waals surface area contributed by atoms with E-state index in [0.29, 0.717) is 57.8 Å². The average Bonchev–Trinajstić information content (AvgIpc) is 0.965. The Balaban J connectivity index is 0.00000169. The molecule has 3 atom stereocenters. The van der Waals surface area contributed by atoms with E-state index in [0.717, 1.165) is 72.5 Å². The fraction of sp³-hybridized carbons (Fsp3) is 0.700. The van der Waals surface area contributed by atoms with Crippen LogP contribution in [-0.2, 0) is 69.4 Å². The standard InChI is InChI=1S/3C30H51O7P.Al/c3*1-3-4-5-6-7-8-9-10-11-12-13-14-15-16-26-36-38(32,33)37-27-18-17-25-35-30(31)24-21-28-19-22-29(34-2)23-20-28;/h3*19-24H,3-18,25-27H2,1-2H3,(H,32,33);/q;;;+3/p-3/b2*24-21+;24-21-;. The molecule has 3 aromatic rings. The van der Waals surface area contributed by atoms with Gasteiger partial charge in [0.15, 0.2) is 0 Å². The quantitative estimate of drug-likeness (QED) is 0.0127. The van der Waals surface area contributed by atoms with Crippen molar-refractivity contribution >= 4 is 77.0 Å². The zero-order valence-electron chi connectivity index (χ0n) is 71.7. The number of ether oxygens (including phenoxy) is 6. The largest absolute Gasteiger partial charge is 3.00 e. The van der Waals surface area contributed by atoms with Crippen LogP contribution < -0.4 is 28.9 Å². The Labute approximate surface area is 706 Å². The summed E-state index contributed by atoms with van der Waals surface area (Å²) in [5.74, 6) is 0.882. The smallest absolute Gasteiger partial charge is 0.756 e. The zero-order valence-corrected chi connectivity index (χ0v) is 75.5. The van der Waals surface area contributed by atoms with E-state index in [1.165, 1.54) is 230 Å². The van der Waals surface area contributed by atoms with Crippen LogP contribution in [0.1, 0.15) is 346 Å². The number of unbranched alkanes of at least 4 members (excludes halogenated alkanes) is 42. The van der Waals surface area contributed by atoms with E-state index in [9.17, 15) is 42.8 Å². The van der Waals surface area contributed by atoms with Gasteiger partial charge in [-0.15, -0.1) is 0 Å². The van der Waals surface area contributed by atoms with Gasteiger partial charge >= 0.3 is 35.3 Å². The van der Waals surface area contributed by atoms with Crippen LogP contribution in [0.25, 0.3) is 18.2 Å². The van der Waals surface area contributed by atoms with Gasteiger partial charge in [0, 0.05) is 18.2 Å². The molecular formula is C90H150AlO21P3. The first-order valence-corrected chi connectivity index (χ1v) is 48.1. The second-order valence-corrected chi connectivity index (χ2v) is 33.3. The van der Waals surface area contributed by atoms with Crippen molar-refractivity contribution in [1.82, 2.24) is 0 Å². The number of hydrogen-bond donors (Lipinski definition) is 0. The molecule has 0 bridgehead atoms. The Morgan fingerprint density at radius 3 is 0.565 bits per heavy atom. The number of hydrogen-bond acceptors (Lipinski definition) is 21. The van der Waals surface area contributed by atoms with Crippen LogP contribution >= 0.6 is 23.5 Å². The van der Waals surface area contributed by atoms with Crippen LogP contribution in [0.3, 0.4) is 0 Å². The van der Waals surface area contributed by atoms with Crippen molar-refractivity contribution in [1.29, 1.82) is 0 Å². The molecule has 115 heavy (non-hydrogen) atoms. The van der Waals surface area contributed by atoms with E-state index in [4.69, 9.17) is 55.6 Å². The topological polar surface area (TPSA) is 282 Å². The fourth-order valence-electron chi connectivity index (χ4n) is 12.0. The summed E-state index contributed by atoms with van der Waals surface area (Å²) in [6.45, 7) is 7.87. The second-order valence-electron chi connectivity index (χ2n) is 29.1. The predicted octanol–water partition coefficient (Wildman–Crippen LogP) is 23.7. The van der Waals surface area contributed by atoms with Gasteiger partial charge in [-0.2, -0.15) is 0 Å². The third-order valence-corrected chi connectivity index (χ3v) is 21.9. The van der Waals surface area contributed by atoms with Crippen molar-refractivity contribution in [3.05, 3.63) is 108 Å². The van der Waals surface area contributed by atoms with Crippen LogP contribution in [0.15, 0.2) is 91.0 Å². The number of esters is 3. The van der Waals surface area contributed by atoms with Crippen LogP contribution in [0.2, 0.25) is 0 Å². The third kappa shape index (κ3) is 74.4. The Morgan fingerprint density at radius 1 is 0.252 bits per heavy atom. The van der Waals surface area contributed by atoms with Crippen LogP contribution in [-0.4, -0.2) is 116 Å². The van der Waals surface area contributed by atoms with E-state index in [2.05, 4.69) is 20.8 Å². The number of methoxy groups -OCH3 is 3. The summed E-state index contributed by atoms with van der Waals surface area (Å²) in [4.78, 5) is 70.9. The van der Waals surface area contributed by atoms with Crippen LogP contribution in [0.5, 0.6) is 17.2 Å². The Bertz CT molecular complexity index is 2660. The van der Waals surface area contributed by atoms with Gasteiger partial charge in [0.1, 0.15) is 17.2 Å². The molecule has 0 aromatic heterocycles. The van der Waals surface area contributed by atoms with Gasteiger partial charge in [-0.3, -0.25) is 13.7 Å². The predicted molar refractivity (Wildman–Crippen MR) is 462 cm³/mol. The molecule has 0 heterocycles. The van der Waals surface area contributed by atoms with Gasteiger partial charge in [-0.1, -0.05) is 308 Å². The summed E-state index contributed by atoms with van der Waals surface area (Å²) in [5.41, 5.74) is 2.57. The van der Waals surface area contributed by atoms with Gasteiger partial charge in [0.25, 0.3) is 23.5 Å². The van der Waals surface area contributed by atoms with Gasteiger partial charge in [-0.25, -0.2) is 14.4 Å². The van der Waals surface area contributed by atoms with Gasteiger partial charge in [0.05, 0.1) is 80.8 Å². The number of rotatable bonds is 75. The van der Waals surface area contributed by atoms with Crippen LogP contribution in [0, 0.1) is 0 Å². The van der Waals surface area contributed by atoms with E-state index in [-0.39, 0.29) is 76.8 Å². The number of phosphoric acid groups is 3. The summed E-state index contributed by atoms with van der Waals surface area (Å²) < 4.78 is 95.7. The molecule has 25 heteroatoms. The van der Waals surface area contributed by atoms with E-state index < -0.39 is 41.4 Å². The molecule has 3 rings (SSSR count). The minimum Gasteiger partial charge on any atom is -0.756 e. The molecule has 0 aliphatic rings. The molecule has 3 aromatic carbocycles. The third-order valence-electron chi connectivity index (χ3n) is 18.9. The first-order chi connectivity index (χ1) is 55.4. The van der Waals surface area contributed by atoms with Crippen LogP contribution in [0.4, 0.5) is 0 Å². The van der Waals surface area contributed by atoms with E-state index in [1.807, 2.05) is 72.8 Å². The number of phosphoric ester groups is 3. The van der Waals surface area contributed by atoms with E-state index >= 15 is 0 Å². The maximum absolute atomic E-state index is 11.8. The summed E-state index contributed by atoms with van der Waals surface area (Å²) in [6.07, 6.45) is 64.2. The van der Waals surface area contributed by atoms with Crippen molar-refractivity contribution in [2.24, 2.45) is 0 Å². The molecule has 3 unspecified atom stereocenters. The van der Waals surface area contributed by atoms with Crippen molar-refractivity contribution in [3.63, 3.8) is 0 Å². The van der Waals surface area contributed by atoms with Crippen molar-refractivity contribution < 1.29 is 98.3 Å². The van der Waals surface area contributed by atoms with Crippen molar-refractivity contribution in [3.8, 4) is 17.2 Å². The Kier molecular flexibility index (Phi) is 76.3. The molecule has 0 aliphatic heterocycles. The van der Waals surface area contributed by atoms with Gasteiger partial charge in [0.2, 0.25) is 0 Å². The maximum Gasteiger partial charge on any atom is 3.00 e. The molecule has 0 aliphatic carbocycles. The van der Waals surface area contributed by atoms with Gasteiger partial charge in [-0.05, 0) is 129 Å². The minimum atomic E-state index is -4.28. The molecule has 0 amide bonds. The molecule has 0 saturated carbocycles. The molecule has 0 N–H and O–H groups in total. The van der Waals surface area contributed by atoms with E-state index in [1.54, 1.807) is 39.6 Å². The van der Waals surface area contributed by atoms with Crippen molar-refractivity contribution in [2.75, 3.05) is 80.8 Å². The summed E-state index contributed by atoms with van der Waals surface area (Å²) in [5, 5.41) is 0. The Morgan fingerprint density at radius 2 is 0.400 bits per heavy atom. The number of carbonyl (C=O) groups is 3. The monoisotopic (exact) mass is 1690 g/mol. The van der Waals surface area contributed by atoms with Crippen molar-refractivity contribution in [2.45, 2.75) is 329 Å². The molecule has 21 nitrogen and oxygen atoms in total.